The molecule has 0 bridgehead atoms. The molecule has 3 rings (SSSR count). The molecule has 0 N–H and O–H groups in total. The molecule has 1 amide bonds. The summed E-state index contributed by atoms with van der Waals surface area (Å²) in [5.74, 6) is 0.338. The second kappa shape index (κ2) is 5.59. The van der Waals surface area contributed by atoms with E-state index in [1.807, 2.05) is 45.2 Å². The van der Waals surface area contributed by atoms with Crippen LogP contribution < -0.4 is 0 Å². The van der Waals surface area contributed by atoms with Gasteiger partial charge in [0, 0.05) is 30.6 Å². The van der Waals surface area contributed by atoms with Gasteiger partial charge in [-0.2, -0.15) is 0 Å². The molecule has 1 fully saturated rings. The molecule has 2 heterocycles. The van der Waals surface area contributed by atoms with E-state index in [9.17, 15) is 4.79 Å². The van der Waals surface area contributed by atoms with Crippen LogP contribution in [-0.4, -0.2) is 34.7 Å². The Morgan fingerprint density at radius 2 is 2.09 bits per heavy atom. The van der Waals surface area contributed by atoms with Gasteiger partial charge < -0.3 is 9.64 Å². The summed E-state index contributed by atoms with van der Waals surface area (Å²) in [6.45, 7) is 7.13. The molecular formula is C18H22N2O2. The molecule has 116 valence electrons. The first-order chi connectivity index (χ1) is 10.4. The van der Waals surface area contributed by atoms with Crippen molar-refractivity contribution in [2.24, 2.45) is 0 Å². The standard InChI is InChI=1S/C18H22N2O2/c1-18(2,3)22-17(21)20-9-8-14(12-20)15-10-13-6-4-5-7-16(13)19-11-15/h4-7,10-11,14H,8-9,12H2,1-3H3. The van der Waals surface area contributed by atoms with Crippen molar-refractivity contribution in [3.63, 3.8) is 0 Å². The van der Waals surface area contributed by atoms with Crippen molar-refractivity contribution in [2.75, 3.05) is 13.1 Å². The molecule has 0 spiro atoms. The third-order valence-corrected chi connectivity index (χ3v) is 3.92. The fourth-order valence-corrected chi connectivity index (χ4v) is 2.84. The lowest BCUT2D eigenvalue weighted by Gasteiger charge is -2.24. The second-order valence-corrected chi connectivity index (χ2v) is 6.87. The van der Waals surface area contributed by atoms with Crippen LogP contribution in [0.5, 0.6) is 0 Å². The predicted molar refractivity (Wildman–Crippen MR) is 86.9 cm³/mol. The fraction of sp³-hybridized carbons (Fsp3) is 0.444. The van der Waals surface area contributed by atoms with E-state index in [-0.39, 0.29) is 6.09 Å². The van der Waals surface area contributed by atoms with Crippen LogP contribution in [0, 0.1) is 0 Å². The number of nitrogens with zero attached hydrogens (tertiary/aromatic N) is 2. The Morgan fingerprint density at radius 3 is 2.86 bits per heavy atom. The molecule has 1 atom stereocenters. The second-order valence-electron chi connectivity index (χ2n) is 6.87. The van der Waals surface area contributed by atoms with E-state index in [1.54, 1.807) is 4.90 Å². The van der Waals surface area contributed by atoms with Crippen molar-refractivity contribution in [1.82, 2.24) is 9.88 Å². The highest BCUT2D eigenvalue weighted by atomic mass is 16.6. The van der Waals surface area contributed by atoms with Crippen LogP contribution in [0.25, 0.3) is 10.9 Å². The van der Waals surface area contributed by atoms with Crippen LogP contribution in [0.4, 0.5) is 4.79 Å². The summed E-state index contributed by atoms with van der Waals surface area (Å²) in [5, 5.41) is 1.15. The molecular weight excluding hydrogens is 276 g/mol. The summed E-state index contributed by atoms with van der Waals surface area (Å²) in [6.07, 6.45) is 2.67. The average molecular weight is 298 g/mol. The topological polar surface area (TPSA) is 42.4 Å². The van der Waals surface area contributed by atoms with Crippen LogP contribution in [0.2, 0.25) is 0 Å². The maximum atomic E-state index is 12.1. The van der Waals surface area contributed by atoms with Gasteiger partial charge in [-0.3, -0.25) is 4.98 Å². The van der Waals surface area contributed by atoms with Gasteiger partial charge in [-0.25, -0.2) is 4.79 Å². The monoisotopic (exact) mass is 298 g/mol. The molecule has 1 aliphatic rings. The zero-order valence-electron chi connectivity index (χ0n) is 13.4. The van der Waals surface area contributed by atoms with E-state index in [0.717, 1.165) is 23.9 Å². The zero-order chi connectivity index (χ0) is 15.7. The Labute approximate surface area is 131 Å². The number of rotatable bonds is 1. The lowest BCUT2D eigenvalue weighted by atomic mass is 9.99. The zero-order valence-corrected chi connectivity index (χ0v) is 13.4. The molecule has 4 heteroatoms. The van der Waals surface area contributed by atoms with Crippen molar-refractivity contribution in [3.05, 3.63) is 42.1 Å². The van der Waals surface area contributed by atoms with Crippen molar-refractivity contribution in [1.29, 1.82) is 0 Å². The molecule has 4 nitrogen and oxygen atoms in total. The molecule has 1 saturated heterocycles. The first-order valence-electron chi connectivity index (χ1n) is 7.75. The van der Waals surface area contributed by atoms with Crippen molar-refractivity contribution >= 4 is 17.0 Å². The molecule has 0 aliphatic carbocycles. The lowest BCUT2D eigenvalue weighted by molar-refractivity contribution is 0.0292. The molecule has 1 aromatic heterocycles. The number of aromatic nitrogens is 1. The van der Waals surface area contributed by atoms with E-state index in [2.05, 4.69) is 17.1 Å². The van der Waals surface area contributed by atoms with Crippen LogP contribution in [0.1, 0.15) is 38.7 Å². The normalized spacial score (nSPS) is 18.7. The summed E-state index contributed by atoms with van der Waals surface area (Å²) in [5.41, 5.74) is 1.76. The Bertz CT molecular complexity index is 691. The SMILES string of the molecule is CC(C)(C)OC(=O)N1CCC(c2cnc3ccccc3c2)C1. The number of benzene rings is 1. The molecule has 1 unspecified atom stereocenters. The minimum absolute atomic E-state index is 0.219. The lowest BCUT2D eigenvalue weighted by Crippen LogP contribution is -2.35. The van der Waals surface area contributed by atoms with Crippen molar-refractivity contribution < 1.29 is 9.53 Å². The highest BCUT2D eigenvalue weighted by Crippen LogP contribution is 2.29. The van der Waals surface area contributed by atoms with Gasteiger partial charge in [0.05, 0.1) is 5.52 Å². The van der Waals surface area contributed by atoms with E-state index >= 15 is 0 Å². The van der Waals surface area contributed by atoms with E-state index in [1.165, 1.54) is 5.56 Å². The Balaban J connectivity index is 1.72. The Hall–Kier alpha value is -2.10. The van der Waals surface area contributed by atoms with Gasteiger partial charge in [-0.15, -0.1) is 0 Å². The van der Waals surface area contributed by atoms with Gasteiger partial charge in [0.25, 0.3) is 0 Å². The average Bonchev–Trinajstić information content (AvgIpc) is 2.95. The Kier molecular flexibility index (Phi) is 3.77. The third-order valence-electron chi connectivity index (χ3n) is 3.92. The maximum Gasteiger partial charge on any atom is 0.410 e. The first-order valence-corrected chi connectivity index (χ1v) is 7.75. The summed E-state index contributed by atoms with van der Waals surface area (Å²) in [6, 6.07) is 10.3. The van der Waals surface area contributed by atoms with Gasteiger partial charge in [0.1, 0.15) is 5.60 Å². The summed E-state index contributed by atoms with van der Waals surface area (Å²) >= 11 is 0. The van der Waals surface area contributed by atoms with Crippen molar-refractivity contribution in [3.8, 4) is 0 Å². The van der Waals surface area contributed by atoms with Crippen LogP contribution in [0.3, 0.4) is 0 Å². The maximum absolute atomic E-state index is 12.1. The number of hydrogen-bond donors (Lipinski definition) is 0. The number of para-hydroxylation sites is 1. The Morgan fingerprint density at radius 1 is 1.32 bits per heavy atom. The van der Waals surface area contributed by atoms with E-state index in [4.69, 9.17) is 4.74 Å². The largest absolute Gasteiger partial charge is 0.444 e. The number of carbonyl (C=O) groups is 1. The quantitative estimate of drug-likeness (QED) is 0.800. The van der Waals surface area contributed by atoms with Crippen molar-refractivity contribution in [2.45, 2.75) is 38.7 Å². The third kappa shape index (κ3) is 3.21. The number of pyridine rings is 1. The summed E-state index contributed by atoms with van der Waals surface area (Å²) in [4.78, 5) is 18.5. The number of ether oxygens (including phenoxy) is 1. The van der Waals surface area contributed by atoms with Gasteiger partial charge in [-0.1, -0.05) is 18.2 Å². The summed E-state index contributed by atoms with van der Waals surface area (Å²) < 4.78 is 5.45. The van der Waals surface area contributed by atoms with Gasteiger partial charge >= 0.3 is 6.09 Å². The first kappa shape index (κ1) is 14.8. The molecule has 0 saturated carbocycles. The molecule has 2 aromatic rings. The highest BCUT2D eigenvalue weighted by Gasteiger charge is 2.30. The minimum atomic E-state index is -0.445. The smallest absolute Gasteiger partial charge is 0.410 e. The molecule has 1 aromatic carbocycles. The number of fused-ring (bicyclic) bond motifs is 1. The molecule has 0 radical (unpaired) electrons. The van der Waals surface area contributed by atoms with Gasteiger partial charge in [-0.05, 0) is 44.9 Å². The van der Waals surface area contributed by atoms with Gasteiger partial charge in [0.2, 0.25) is 0 Å². The molecule has 22 heavy (non-hydrogen) atoms. The summed E-state index contributed by atoms with van der Waals surface area (Å²) in [7, 11) is 0. The minimum Gasteiger partial charge on any atom is -0.444 e. The number of carbonyl (C=O) groups excluding carboxylic acids is 1. The van der Waals surface area contributed by atoms with Gasteiger partial charge in [0.15, 0.2) is 0 Å². The number of likely N-dealkylation sites (tertiary alicyclic amines) is 1. The molecule has 1 aliphatic heterocycles. The van der Waals surface area contributed by atoms with Crippen LogP contribution in [-0.2, 0) is 4.74 Å². The fourth-order valence-electron chi connectivity index (χ4n) is 2.84. The number of amides is 1. The van der Waals surface area contributed by atoms with E-state index < -0.39 is 5.60 Å². The van der Waals surface area contributed by atoms with Crippen LogP contribution >= 0.6 is 0 Å². The predicted octanol–water partition coefficient (Wildman–Crippen LogP) is 3.96. The van der Waals surface area contributed by atoms with Crippen LogP contribution in [0.15, 0.2) is 36.5 Å². The number of hydrogen-bond acceptors (Lipinski definition) is 3. The highest BCUT2D eigenvalue weighted by molar-refractivity contribution is 5.79. The van der Waals surface area contributed by atoms with E-state index in [0.29, 0.717) is 12.5 Å².